The third kappa shape index (κ3) is 5.28. The van der Waals surface area contributed by atoms with Crippen LogP contribution in [0.25, 0.3) is 0 Å². The summed E-state index contributed by atoms with van der Waals surface area (Å²) in [6, 6.07) is 12.6. The van der Waals surface area contributed by atoms with Crippen LogP contribution in [0.5, 0.6) is 11.5 Å². The van der Waals surface area contributed by atoms with Crippen molar-refractivity contribution in [2.45, 2.75) is 32.2 Å². The molecule has 0 radical (unpaired) electrons. The number of primary amides is 1. The summed E-state index contributed by atoms with van der Waals surface area (Å²) in [4.78, 5) is 11.2. The first-order valence-corrected chi connectivity index (χ1v) is 8.08. The second kappa shape index (κ2) is 8.36. The molecule has 0 heterocycles. The van der Waals surface area contributed by atoms with Crippen molar-refractivity contribution >= 4 is 5.91 Å². The number of carbonyl (C=O) groups excluding carboxylic acids is 1. The molecule has 5 nitrogen and oxygen atoms in total. The first-order chi connectivity index (χ1) is 11.5. The van der Waals surface area contributed by atoms with E-state index in [9.17, 15) is 15.0 Å². The molecule has 1 atom stereocenters. The Morgan fingerprint density at radius 1 is 1.12 bits per heavy atom. The molecule has 5 heteroatoms. The molecule has 0 bridgehead atoms. The maximum atomic E-state index is 11.2. The normalized spacial score (nSPS) is 12.0. The van der Waals surface area contributed by atoms with Crippen molar-refractivity contribution in [3.05, 3.63) is 59.2 Å². The fraction of sp³-hybridized carbons (Fsp3) is 0.316. The maximum absolute atomic E-state index is 11.2. The van der Waals surface area contributed by atoms with Crippen LogP contribution >= 0.6 is 0 Å². The predicted octanol–water partition coefficient (Wildman–Crippen LogP) is 2.35. The third-order valence-electron chi connectivity index (χ3n) is 4.01. The molecule has 1 amide bonds. The van der Waals surface area contributed by atoms with Crippen LogP contribution in [0.3, 0.4) is 0 Å². The molecule has 1 unspecified atom stereocenters. The van der Waals surface area contributed by atoms with Crippen LogP contribution in [-0.4, -0.2) is 28.7 Å². The van der Waals surface area contributed by atoms with Gasteiger partial charge in [-0.1, -0.05) is 18.2 Å². The molecule has 0 aliphatic rings. The van der Waals surface area contributed by atoms with Crippen LogP contribution < -0.4 is 11.1 Å². The number of aryl methyl sites for hydroxylation is 1. The average molecular weight is 328 g/mol. The molecule has 0 fully saturated rings. The van der Waals surface area contributed by atoms with Gasteiger partial charge in [-0.3, -0.25) is 4.79 Å². The lowest BCUT2D eigenvalue weighted by Crippen LogP contribution is -2.28. The molecule has 0 spiro atoms. The van der Waals surface area contributed by atoms with Gasteiger partial charge in [0.25, 0.3) is 5.91 Å². The van der Waals surface area contributed by atoms with Crippen LogP contribution in [0.15, 0.2) is 42.5 Å². The number of benzene rings is 2. The smallest absolute Gasteiger partial charge is 0.252 e. The fourth-order valence-corrected chi connectivity index (χ4v) is 2.60. The van der Waals surface area contributed by atoms with Gasteiger partial charge in [-0.05, 0) is 68.1 Å². The van der Waals surface area contributed by atoms with E-state index in [0.29, 0.717) is 11.8 Å². The number of aromatic hydroxyl groups is 2. The molecular weight excluding hydrogens is 304 g/mol. The molecule has 0 aliphatic carbocycles. The standard InChI is InChI=1S/C19H24N2O3/c1-13(5-6-14-3-2-4-16(22)11-14)21-10-9-15-7-8-18(23)17(12-15)19(20)24/h2-4,7-8,11-13,21-23H,5-6,9-10H2,1H3,(H2,20,24). The molecule has 2 aromatic rings. The molecule has 0 aromatic heterocycles. The Morgan fingerprint density at radius 2 is 1.88 bits per heavy atom. The first kappa shape index (κ1) is 17.8. The van der Waals surface area contributed by atoms with E-state index in [1.807, 2.05) is 12.1 Å². The predicted molar refractivity (Wildman–Crippen MR) is 94.2 cm³/mol. The van der Waals surface area contributed by atoms with E-state index in [4.69, 9.17) is 5.73 Å². The van der Waals surface area contributed by atoms with Crippen LogP contribution in [0.2, 0.25) is 0 Å². The van der Waals surface area contributed by atoms with Crippen molar-refractivity contribution in [1.29, 1.82) is 0 Å². The van der Waals surface area contributed by atoms with Crippen molar-refractivity contribution < 1.29 is 15.0 Å². The summed E-state index contributed by atoms with van der Waals surface area (Å²) in [5, 5.41) is 22.5. The second-order valence-electron chi connectivity index (χ2n) is 6.03. The molecule has 0 aliphatic heterocycles. The summed E-state index contributed by atoms with van der Waals surface area (Å²) >= 11 is 0. The number of hydrogen-bond acceptors (Lipinski definition) is 4. The highest BCUT2D eigenvalue weighted by Gasteiger charge is 2.08. The minimum Gasteiger partial charge on any atom is -0.508 e. The Bertz CT molecular complexity index is 701. The number of carbonyl (C=O) groups is 1. The van der Waals surface area contributed by atoms with Crippen molar-refractivity contribution in [1.82, 2.24) is 5.32 Å². The Kier molecular flexibility index (Phi) is 6.21. The van der Waals surface area contributed by atoms with Crippen molar-refractivity contribution in [3.63, 3.8) is 0 Å². The largest absolute Gasteiger partial charge is 0.508 e. The van der Waals surface area contributed by atoms with Gasteiger partial charge in [0.05, 0.1) is 5.56 Å². The highest BCUT2D eigenvalue weighted by atomic mass is 16.3. The Labute approximate surface area is 142 Å². The van der Waals surface area contributed by atoms with Gasteiger partial charge in [-0.15, -0.1) is 0 Å². The maximum Gasteiger partial charge on any atom is 0.252 e. The monoisotopic (exact) mass is 328 g/mol. The Morgan fingerprint density at radius 3 is 2.58 bits per heavy atom. The van der Waals surface area contributed by atoms with E-state index in [1.54, 1.807) is 24.3 Å². The minimum absolute atomic E-state index is 0.0845. The quantitative estimate of drug-likeness (QED) is 0.598. The number of phenols is 2. The topological polar surface area (TPSA) is 95.6 Å². The van der Waals surface area contributed by atoms with Gasteiger partial charge in [-0.2, -0.15) is 0 Å². The van der Waals surface area contributed by atoms with Gasteiger partial charge < -0.3 is 21.3 Å². The van der Waals surface area contributed by atoms with Crippen molar-refractivity contribution in [2.24, 2.45) is 5.73 Å². The molecule has 128 valence electrons. The Balaban J connectivity index is 1.77. The molecule has 5 N–H and O–H groups in total. The van der Waals surface area contributed by atoms with Gasteiger partial charge in [-0.25, -0.2) is 0 Å². The minimum atomic E-state index is -0.623. The summed E-state index contributed by atoms with van der Waals surface area (Å²) < 4.78 is 0. The fourth-order valence-electron chi connectivity index (χ4n) is 2.60. The van der Waals surface area contributed by atoms with E-state index >= 15 is 0 Å². The molecular formula is C19H24N2O3. The van der Waals surface area contributed by atoms with Crippen LogP contribution in [0.1, 0.15) is 34.8 Å². The lowest BCUT2D eigenvalue weighted by molar-refractivity contribution is 0.0997. The highest BCUT2D eigenvalue weighted by molar-refractivity contribution is 5.95. The number of hydrogen-bond donors (Lipinski definition) is 4. The first-order valence-electron chi connectivity index (χ1n) is 8.08. The zero-order valence-electron chi connectivity index (χ0n) is 13.8. The summed E-state index contributed by atoms with van der Waals surface area (Å²) in [7, 11) is 0. The zero-order chi connectivity index (χ0) is 17.5. The van der Waals surface area contributed by atoms with Crippen LogP contribution in [0, 0.1) is 0 Å². The number of nitrogens with one attached hydrogen (secondary N) is 1. The zero-order valence-corrected chi connectivity index (χ0v) is 13.8. The van der Waals surface area contributed by atoms with Crippen molar-refractivity contribution in [3.8, 4) is 11.5 Å². The van der Waals surface area contributed by atoms with E-state index in [-0.39, 0.29) is 11.3 Å². The summed E-state index contributed by atoms with van der Waals surface area (Å²) in [6.45, 7) is 2.89. The SMILES string of the molecule is CC(CCc1cccc(O)c1)NCCc1ccc(O)c(C(N)=O)c1. The van der Waals surface area contributed by atoms with E-state index in [1.165, 1.54) is 6.07 Å². The third-order valence-corrected chi connectivity index (χ3v) is 4.01. The lowest BCUT2D eigenvalue weighted by Gasteiger charge is -2.14. The molecule has 2 rings (SSSR count). The summed E-state index contributed by atoms with van der Waals surface area (Å²) in [5.41, 5.74) is 7.46. The summed E-state index contributed by atoms with van der Waals surface area (Å²) in [6.07, 6.45) is 2.61. The van der Waals surface area contributed by atoms with Gasteiger partial charge in [0, 0.05) is 6.04 Å². The molecule has 2 aromatic carbocycles. The molecule has 24 heavy (non-hydrogen) atoms. The number of rotatable bonds is 8. The van der Waals surface area contributed by atoms with Crippen LogP contribution in [0.4, 0.5) is 0 Å². The number of amides is 1. The highest BCUT2D eigenvalue weighted by Crippen LogP contribution is 2.18. The van der Waals surface area contributed by atoms with Gasteiger partial charge >= 0.3 is 0 Å². The van der Waals surface area contributed by atoms with Crippen LogP contribution in [-0.2, 0) is 12.8 Å². The summed E-state index contributed by atoms with van der Waals surface area (Å²) in [5.74, 6) is -0.411. The average Bonchev–Trinajstić information content (AvgIpc) is 2.54. The molecule has 0 saturated heterocycles. The van der Waals surface area contributed by atoms with E-state index < -0.39 is 5.91 Å². The van der Waals surface area contributed by atoms with Crippen molar-refractivity contribution in [2.75, 3.05) is 6.54 Å². The second-order valence-corrected chi connectivity index (χ2v) is 6.03. The lowest BCUT2D eigenvalue weighted by atomic mass is 10.0. The number of nitrogens with two attached hydrogens (primary N) is 1. The van der Waals surface area contributed by atoms with Gasteiger partial charge in [0.15, 0.2) is 0 Å². The van der Waals surface area contributed by atoms with Gasteiger partial charge in [0.2, 0.25) is 0 Å². The van der Waals surface area contributed by atoms with E-state index in [0.717, 1.165) is 36.9 Å². The van der Waals surface area contributed by atoms with E-state index in [2.05, 4.69) is 12.2 Å². The Hall–Kier alpha value is -2.53. The molecule has 0 saturated carbocycles. The number of phenolic OH excluding ortho intramolecular Hbond substituents is 1. The van der Waals surface area contributed by atoms with Gasteiger partial charge in [0.1, 0.15) is 11.5 Å².